The smallest absolute Gasteiger partial charge is 0.387 e. The molecule has 0 spiro atoms. The summed E-state index contributed by atoms with van der Waals surface area (Å²) in [5.74, 6) is -3.53. The van der Waals surface area contributed by atoms with Gasteiger partial charge in [-0.15, -0.1) is 0 Å². The van der Waals surface area contributed by atoms with E-state index in [1.807, 2.05) is 0 Å². The Morgan fingerprint density at radius 1 is 1.29 bits per heavy atom. The van der Waals surface area contributed by atoms with Crippen molar-refractivity contribution < 1.29 is 31.8 Å². The number of carbonyl (C=O) groups excluding carboxylic acids is 1. The van der Waals surface area contributed by atoms with Gasteiger partial charge in [-0.05, 0) is 25.1 Å². The molecule has 0 aliphatic carbocycles. The van der Waals surface area contributed by atoms with E-state index in [-0.39, 0.29) is 22.8 Å². The molecule has 1 heterocycles. The quantitative estimate of drug-likeness (QED) is 0.447. The van der Waals surface area contributed by atoms with Crippen LogP contribution in [-0.4, -0.2) is 24.2 Å². The van der Waals surface area contributed by atoms with Crippen LogP contribution in [0.1, 0.15) is 17.3 Å². The van der Waals surface area contributed by atoms with E-state index in [9.17, 15) is 22.4 Å². The lowest BCUT2D eigenvalue weighted by Crippen LogP contribution is -2.10. The Bertz CT molecular complexity index is 771. The molecule has 0 unspecified atom stereocenters. The minimum absolute atomic E-state index is 0.0252. The normalized spacial score (nSPS) is 10.8. The molecule has 0 saturated heterocycles. The number of halogens is 5. The number of pyridine rings is 1. The van der Waals surface area contributed by atoms with Gasteiger partial charge in [0.05, 0.1) is 17.2 Å². The highest BCUT2D eigenvalue weighted by molar-refractivity contribution is 6.30. The third kappa shape index (κ3) is 3.94. The Labute approximate surface area is 139 Å². The Kier molecular flexibility index (Phi) is 5.61. The average Bonchev–Trinajstić information content (AvgIpc) is 2.51. The summed E-state index contributed by atoms with van der Waals surface area (Å²) in [6.45, 7) is -1.75. The lowest BCUT2D eigenvalue weighted by molar-refractivity contribution is -0.0495. The molecule has 9 heteroatoms. The topological polar surface area (TPSA) is 48.4 Å². The van der Waals surface area contributed by atoms with Crippen molar-refractivity contribution in [1.29, 1.82) is 0 Å². The van der Waals surface area contributed by atoms with E-state index in [2.05, 4.69) is 14.5 Å². The third-order valence-corrected chi connectivity index (χ3v) is 3.15. The van der Waals surface area contributed by atoms with Gasteiger partial charge in [0.1, 0.15) is 11.6 Å². The number of hydrogen-bond acceptors (Lipinski definition) is 4. The molecule has 0 amide bonds. The highest BCUT2D eigenvalue weighted by Gasteiger charge is 2.21. The first-order valence-electron chi connectivity index (χ1n) is 6.60. The van der Waals surface area contributed by atoms with Gasteiger partial charge in [0.2, 0.25) is 5.95 Å². The first-order chi connectivity index (χ1) is 11.3. The lowest BCUT2D eigenvalue weighted by atomic mass is 10.0. The number of benzene rings is 1. The predicted molar refractivity (Wildman–Crippen MR) is 77.2 cm³/mol. The summed E-state index contributed by atoms with van der Waals surface area (Å²) in [5, 5.41) is -0.384. The molecule has 0 bridgehead atoms. The van der Waals surface area contributed by atoms with Crippen molar-refractivity contribution in [2.24, 2.45) is 0 Å². The first-order valence-corrected chi connectivity index (χ1v) is 6.98. The largest absolute Gasteiger partial charge is 0.462 e. The van der Waals surface area contributed by atoms with E-state index >= 15 is 0 Å². The molecule has 1 aromatic heterocycles. The zero-order valence-electron chi connectivity index (χ0n) is 12.2. The van der Waals surface area contributed by atoms with Crippen molar-refractivity contribution in [3.8, 4) is 16.9 Å². The van der Waals surface area contributed by atoms with E-state index < -0.39 is 35.7 Å². The van der Waals surface area contributed by atoms with Gasteiger partial charge in [0.25, 0.3) is 0 Å². The standard InChI is InChI=1S/C15H10ClF4NO3/c1-2-23-14(22)9-5-12(24-15(19)20)8(4-11(9)17)7-3-10(16)13(18)21-6-7/h3-6,15H,2H2,1H3. The van der Waals surface area contributed by atoms with Gasteiger partial charge in [0, 0.05) is 17.3 Å². The van der Waals surface area contributed by atoms with Gasteiger partial charge < -0.3 is 9.47 Å². The molecule has 0 atom stereocenters. The van der Waals surface area contributed by atoms with Crippen LogP contribution in [0.5, 0.6) is 5.75 Å². The molecule has 0 radical (unpaired) electrons. The van der Waals surface area contributed by atoms with Gasteiger partial charge in [-0.3, -0.25) is 0 Å². The number of esters is 1. The molecular formula is C15H10ClF4NO3. The van der Waals surface area contributed by atoms with Gasteiger partial charge in [-0.25, -0.2) is 14.2 Å². The van der Waals surface area contributed by atoms with E-state index in [0.717, 1.165) is 24.4 Å². The number of rotatable bonds is 5. The van der Waals surface area contributed by atoms with Crippen molar-refractivity contribution >= 4 is 17.6 Å². The number of ether oxygens (including phenoxy) is 2. The molecule has 0 N–H and O–H groups in total. The maximum atomic E-state index is 14.1. The average molecular weight is 364 g/mol. The second kappa shape index (κ2) is 7.48. The molecule has 4 nitrogen and oxygen atoms in total. The highest BCUT2D eigenvalue weighted by atomic mass is 35.5. The third-order valence-electron chi connectivity index (χ3n) is 2.89. The Morgan fingerprint density at radius 3 is 2.58 bits per heavy atom. The fourth-order valence-corrected chi connectivity index (χ4v) is 2.07. The zero-order valence-corrected chi connectivity index (χ0v) is 12.9. The van der Waals surface area contributed by atoms with Crippen LogP contribution in [0.4, 0.5) is 17.6 Å². The monoisotopic (exact) mass is 363 g/mol. The fraction of sp³-hybridized carbons (Fsp3) is 0.200. The molecule has 0 fully saturated rings. The summed E-state index contributed by atoms with van der Waals surface area (Å²) in [6, 6.07) is 2.64. The predicted octanol–water partition coefficient (Wildman–Crippen LogP) is 4.46. The van der Waals surface area contributed by atoms with E-state index in [1.165, 1.54) is 6.92 Å². The van der Waals surface area contributed by atoms with Crippen LogP contribution in [-0.2, 0) is 4.74 Å². The number of nitrogens with zero attached hydrogens (tertiary/aromatic N) is 1. The second-order valence-corrected chi connectivity index (χ2v) is 4.83. The van der Waals surface area contributed by atoms with Crippen molar-refractivity contribution in [2.45, 2.75) is 13.5 Å². The zero-order chi connectivity index (χ0) is 17.9. The number of alkyl halides is 2. The van der Waals surface area contributed by atoms with Crippen LogP contribution >= 0.6 is 11.6 Å². The maximum Gasteiger partial charge on any atom is 0.387 e. The van der Waals surface area contributed by atoms with Crippen molar-refractivity contribution in [3.63, 3.8) is 0 Å². The number of carbonyl (C=O) groups is 1. The molecule has 1 aromatic carbocycles. The van der Waals surface area contributed by atoms with Crippen LogP contribution in [0.25, 0.3) is 11.1 Å². The Morgan fingerprint density at radius 2 is 2.00 bits per heavy atom. The van der Waals surface area contributed by atoms with E-state index in [4.69, 9.17) is 11.6 Å². The van der Waals surface area contributed by atoms with Crippen molar-refractivity contribution in [1.82, 2.24) is 4.98 Å². The van der Waals surface area contributed by atoms with Crippen LogP contribution < -0.4 is 4.74 Å². The van der Waals surface area contributed by atoms with Crippen LogP contribution in [0, 0.1) is 11.8 Å². The molecule has 0 aliphatic heterocycles. The molecule has 2 aromatic rings. The fourth-order valence-electron chi connectivity index (χ4n) is 1.91. The summed E-state index contributed by atoms with van der Waals surface area (Å²) < 4.78 is 61.4. The summed E-state index contributed by atoms with van der Waals surface area (Å²) in [5.41, 5.74) is -0.709. The second-order valence-electron chi connectivity index (χ2n) is 4.42. The molecule has 0 saturated carbocycles. The minimum Gasteiger partial charge on any atom is -0.462 e. The number of aromatic nitrogens is 1. The van der Waals surface area contributed by atoms with Gasteiger partial charge in [-0.1, -0.05) is 11.6 Å². The van der Waals surface area contributed by atoms with Gasteiger partial charge >= 0.3 is 12.6 Å². The Balaban J connectivity index is 2.59. The van der Waals surface area contributed by atoms with Crippen LogP contribution in [0.3, 0.4) is 0 Å². The van der Waals surface area contributed by atoms with Gasteiger partial charge in [0.15, 0.2) is 0 Å². The molecule has 2 rings (SSSR count). The summed E-state index contributed by atoms with van der Waals surface area (Å²) in [7, 11) is 0. The summed E-state index contributed by atoms with van der Waals surface area (Å²) in [6.07, 6.45) is 0.971. The van der Waals surface area contributed by atoms with E-state index in [0.29, 0.717) is 0 Å². The van der Waals surface area contributed by atoms with Crippen LogP contribution in [0.2, 0.25) is 5.02 Å². The molecule has 24 heavy (non-hydrogen) atoms. The van der Waals surface area contributed by atoms with Gasteiger partial charge in [-0.2, -0.15) is 13.2 Å². The summed E-state index contributed by atoms with van der Waals surface area (Å²) in [4.78, 5) is 15.0. The Hall–Kier alpha value is -2.35. The summed E-state index contributed by atoms with van der Waals surface area (Å²) >= 11 is 5.59. The van der Waals surface area contributed by atoms with Crippen LogP contribution in [0.15, 0.2) is 24.4 Å². The molecular weight excluding hydrogens is 354 g/mol. The van der Waals surface area contributed by atoms with E-state index in [1.54, 1.807) is 0 Å². The molecule has 0 aliphatic rings. The highest BCUT2D eigenvalue weighted by Crippen LogP contribution is 2.35. The van der Waals surface area contributed by atoms with Crippen molar-refractivity contribution in [2.75, 3.05) is 6.61 Å². The molecule has 128 valence electrons. The minimum atomic E-state index is -3.23. The SMILES string of the molecule is CCOC(=O)c1cc(OC(F)F)c(-c2cnc(F)c(Cl)c2)cc1F. The number of hydrogen-bond donors (Lipinski definition) is 0. The maximum absolute atomic E-state index is 14.1. The van der Waals surface area contributed by atoms with Crippen molar-refractivity contribution in [3.05, 3.63) is 46.7 Å². The first kappa shape index (κ1) is 18.0. The lowest BCUT2D eigenvalue weighted by Gasteiger charge is -2.13.